The van der Waals surface area contributed by atoms with Crippen LogP contribution in [-0.4, -0.2) is 44.8 Å². The van der Waals surface area contributed by atoms with Crippen LogP contribution in [0.4, 0.5) is 10.1 Å². The number of hydrogen-bond donors (Lipinski definition) is 1. The highest BCUT2D eigenvalue weighted by Crippen LogP contribution is 2.34. The van der Waals surface area contributed by atoms with Crippen molar-refractivity contribution in [2.45, 2.75) is 23.5 Å². The highest BCUT2D eigenvalue weighted by atomic mass is 32.2. The predicted octanol–water partition coefficient (Wildman–Crippen LogP) is 0.935. The lowest BCUT2D eigenvalue weighted by Gasteiger charge is -2.36. The largest absolute Gasteiger partial charge is 0.395 e. The molecule has 0 atom stereocenters. The summed E-state index contributed by atoms with van der Waals surface area (Å²) in [5.74, 6) is -1.38. The van der Waals surface area contributed by atoms with Gasteiger partial charge in [0.05, 0.1) is 18.9 Å². The van der Waals surface area contributed by atoms with Crippen LogP contribution in [0.1, 0.15) is 12.8 Å². The zero-order valence-electron chi connectivity index (χ0n) is 11.4. The van der Waals surface area contributed by atoms with Gasteiger partial charge < -0.3 is 15.2 Å². The van der Waals surface area contributed by atoms with E-state index >= 15 is 0 Å². The first-order valence-corrected chi connectivity index (χ1v) is 8.21. The lowest BCUT2D eigenvalue weighted by molar-refractivity contribution is -0.179. The molecule has 1 aromatic carbocycles. The van der Waals surface area contributed by atoms with Crippen LogP contribution in [0.5, 0.6) is 0 Å². The summed E-state index contributed by atoms with van der Waals surface area (Å²) in [5.41, 5.74) is 5.22. The van der Waals surface area contributed by atoms with Crippen LogP contribution >= 0.6 is 0 Å². The Bertz CT molecular complexity index is 634. The summed E-state index contributed by atoms with van der Waals surface area (Å²) in [5, 5.41) is 0. The highest BCUT2D eigenvalue weighted by molar-refractivity contribution is 7.89. The number of benzene rings is 1. The van der Waals surface area contributed by atoms with Gasteiger partial charge in [-0.1, -0.05) is 6.07 Å². The standard InChI is InChI=1S/C13H17FN2O4S/c14-10-2-1-3-11(12(10)15)21(17,18)16-6-4-13(5-7-16)19-8-9-20-13/h1-3H,4-9,15H2. The van der Waals surface area contributed by atoms with Gasteiger partial charge in [0.25, 0.3) is 0 Å². The summed E-state index contributed by atoms with van der Waals surface area (Å²) in [6.45, 7) is 1.59. The molecule has 0 aromatic heterocycles. The summed E-state index contributed by atoms with van der Waals surface area (Å²) in [4.78, 5) is -0.188. The number of nitrogen functional groups attached to an aromatic ring is 1. The molecule has 2 aliphatic rings. The fourth-order valence-corrected chi connectivity index (χ4v) is 4.30. The fraction of sp³-hybridized carbons (Fsp3) is 0.538. The van der Waals surface area contributed by atoms with Gasteiger partial charge in [-0.25, -0.2) is 12.8 Å². The van der Waals surface area contributed by atoms with Gasteiger partial charge in [0.1, 0.15) is 10.7 Å². The molecule has 0 bridgehead atoms. The molecular formula is C13H17FN2O4S. The minimum atomic E-state index is -3.80. The minimum Gasteiger partial charge on any atom is -0.395 e. The van der Waals surface area contributed by atoms with Crippen LogP contribution in [0.3, 0.4) is 0 Å². The third-order valence-corrected chi connectivity index (χ3v) is 5.89. The quantitative estimate of drug-likeness (QED) is 0.821. The lowest BCUT2D eigenvalue weighted by Crippen LogP contribution is -2.47. The molecule has 1 spiro atoms. The van der Waals surface area contributed by atoms with Crippen molar-refractivity contribution < 1.29 is 22.3 Å². The molecule has 0 saturated carbocycles. The van der Waals surface area contributed by atoms with Gasteiger partial charge in [0, 0.05) is 25.9 Å². The Labute approximate surface area is 122 Å². The van der Waals surface area contributed by atoms with Crippen molar-refractivity contribution in [2.24, 2.45) is 0 Å². The maximum Gasteiger partial charge on any atom is 0.245 e. The van der Waals surface area contributed by atoms with E-state index in [0.29, 0.717) is 26.1 Å². The first-order chi connectivity index (χ1) is 9.95. The van der Waals surface area contributed by atoms with E-state index in [0.717, 1.165) is 6.07 Å². The Hall–Kier alpha value is -1.22. The van der Waals surface area contributed by atoms with E-state index in [1.54, 1.807) is 0 Å². The molecule has 6 nitrogen and oxygen atoms in total. The fourth-order valence-electron chi connectivity index (χ4n) is 2.73. The number of nitrogens with zero attached hydrogens (tertiary/aromatic N) is 1. The molecule has 21 heavy (non-hydrogen) atoms. The summed E-state index contributed by atoms with van der Waals surface area (Å²) in [6.07, 6.45) is 0.920. The van der Waals surface area contributed by atoms with Gasteiger partial charge in [0.15, 0.2) is 5.79 Å². The average molecular weight is 316 g/mol. The monoisotopic (exact) mass is 316 g/mol. The molecule has 0 unspecified atom stereocenters. The summed E-state index contributed by atoms with van der Waals surface area (Å²) in [7, 11) is -3.80. The average Bonchev–Trinajstić information content (AvgIpc) is 2.90. The van der Waals surface area contributed by atoms with Crippen molar-refractivity contribution in [2.75, 3.05) is 32.0 Å². The number of rotatable bonds is 2. The molecule has 0 amide bonds. The van der Waals surface area contributed by atoms with Crippen LogP contribution in [0.25, 0.3) is 0 Å². The van der Waals surface area contributed by atoms with E-state index in [1.165, 1.54) is 16.4 Å². The number of piperidine rings is 1. The first-order valence-electron chi connectivity index (χ1n) is 6.77. The molecule has 8 heteroatoms. The van der Waals surface area contributed by atoms with Crippen molar-refractivity contribution in [3.05, 3.63) is 24.0 Å². The molecule has 2 aliphatic heterocycles. The second kappa shape index (κ2) is 5.20. The number of ether oxygens (including phenoxy) is 2. The van der Waals surface area contributed by atoms with Crippen LogP contribution in [0.15, 0.2) is 23.1 Å². The maximum absolute atomic E-state index is 13.5. The molecule has 2 saturated heterocycles. The topological polar surface area (TPSA) is 81.9 Å². The van der Waals surface area contributed by atoms with E-state index in [1.807, 2.05) is 0 Å². The predicted molar refractivity (Wildman–Crippen MR) is 73.4 cm³/mol. The first kappa shape index (κ1) is 14.7. The zero-order chi connectivity index (χ0) is 15.1. The summed E-state index contributed by atoms with van der Waals surface area (Å²) in [6, 6.07) is 3.80. The van der Waals surface area contributed by atoms with Crippen molar-refractivity contribution in [1.82, 2.24) is 4.31 Å². The Balaban J connectivity index is 1.82. The van der Waals surface area contributed by atoms with E-state index in [4.69, 9.17) is 15.2 Å². The minimum absolute atomic E-state index is 0.188. The number of nitrogens with two attached hydrogens (primary N) is 1. The van der Waals surface area contributed by atoms with E-state index in [9.17, 15) is 12.8 Å². The molecule has 1 aromatic rings. The number of para-hydroxylation sites is 1. The Morgan fingerprint density at radius 1 is 1.19 bits per heavy atom. The van der Waals surface area contributed by atoms with Crippen molar-refractivity contribution >= 4 is 15.7 Å². The second-order valence-corrected chi connectivity index (χ2v) is 7.07. The molecule has 2 heterocycles. The van der Waals surface area contributed by atoms with Crippen LogP contribution in [-0.2, 0) is 19.5 Å². The molecule has 3 rings (SSSR count). The van der Waals surface area contributed by atoms with Crippen molar-refractivity contribution in [3.8, 4) is 0 Å². The van der Waals surface area contributed by atoms with E-state index in [-0.39, 0.29) is 23.7 Å². The van der Waals surface area contributed by atoms with Gasteiger partial charge in [-0.15, -0.1) is 0 Å². The Morgan fingerprint density at radius 3 is 2.43 bits per heavy atom. The molecule has 0 radical (unpaired) electrons. The number of anilines is 1. The lowest BCUT2D eigenvalue weighted by atomic mass is 10.1. The summed E-state index contributed by atoms with van der Waals surface area (Å²) >= 11 is 0. The SMILES string of the molecule is Nc1c(F)cccc1S(=O)(=O)N1CCC2(CC1)OCCO2. The summed E-state index contributed by atoms with van der Waals surface area (Å²) < 4.78 is 51.0. The van der Waals surface area contributed by atoms with Crippen molar-refractivity contribution in [1.29, 1.82) is 0 Å². The third kappa shape index (κ3) is 2.52. The van der Waals surface area contributed by atoms with Gasteiger partial charge >= 0.3 is 0 Å². The second-order valence-electron chi connectivity index (χ2n) is 5.16. The number of hydrogen-bond acceptors (Lipinski definition) is 5. The molecule has 116 valence electrons. The Morgan fingerprint density at radius 2 is 1.81 bits per heavy atom. The molecule has 2 N–H and O–H groups in total. The van der Waals surface area contributed by atoms with Gasteiger partial charge in [-0.2, -0.15) is 4.31 Å². The van der Waals surface area contributed by atoms with Crippen molar-refractivity contribution in [3.63, 3.8) is 0 Å². The third-order valence-electron chi connectivity index (χ3n) is 3.93. The number of sulfonamides is 1. The molecular weight excluding hydrogens is 299 g/mol. The van der Waals surface area contributed by atoms with E-state index < -0.39 is 21.6 Å². The van der Waals surface area contributed by atoms with Gasteiger partial charge in [-0.3, -0.25) is 0 Å². The smallest absolute Gasteiger partial charge is 0.245 e. The van der Waals surface area contributed by atoms with Crippen LogP contribution < -0.4 is 5.73 Å². The molecule has 0 aliphatic carbocycles. The Kier molecular flexibility index (Phi) is 3.64. The van der Waals surface area contributed by atoms with Gasteiger partial charge in [-0.05, 0) is 12.1 Å². The molecule has 2 fully saturated rings. The highest BCUT2D eigenvalue weighted by Gasteiger charge is 2.43. The normalized spacial score (nSPS) is 22.7. The maximum atomic E-state index is 13.5. The van der Waals surface area contributed by atoms with Crippen LogP contribution in [0, 0.1) is 5.82 Å². The van der Waals surface area contributed by atoms with Gasteiger partial charge in [0.2, 0.25) is 10.0 Å². The van der Waals surface area contributed by atoms with E-state index in [2.05, 4.69) is 0 Å². The number of halogens is 1. The van der Waals surface area contributed by atoms with Crippen LogP contribution in [0.2, 0.25) is 0 Å². The zero-order valence-corrected chi connectivity index (χ0v) is 12.2.